The van der Waals surface area contributed by atoms with Gasteiger partial charge in [-0.2, -0.15) is 0 Å². The largest absolute Gasteiger partial charge is 0.381 e. The van der Waals surface area contributed by atoms with Crippen molar-refractivity contribution < 1.29 is 9.18 Å². The van der Waals surface area contributed by atoms with Gasteiger partial charge in [-0.05, 0) is 53.6 Å². The van der Waals surface area contributed by atoms with E-state index < -0.39 is 0 Å². The van der Waals surface area contributed by atoms with Gasteiger partial charge in [0.25, 0.3) is 0 Å². The molecule has 25 heavy (non-hydrogen) atoms. The molecule has 0 aliphatic heterocycles. The third-order valence-corrected chi connectivity index (χ3v) is 3.72. The molecule has 0 unspecified atom stereocenters. The third-order valence-electron chi connectivity index (χ3n) is 3.72. The van der Waals surface area contributed by atoms with Gasteiger partial charge in [0.15, 0.2) is 0 Å². The Morgan fingerprint density at radius 1 is 0.920 bits per heavy atom. The van der Waals surface area contributed by atoms with Gasteiger partial charge in [-0.15, -0.1) is 0 Å². The molecule has 0 aliphatic carbocycles. The minimum absolute atomic E-state index is 0.00865. The van der Waals surface area contributed by atoms with E-state index in [2.05, 4.69) is 15.6 Å². The average molecular weight is 335 g/mol. The maximum atomic E-state index is 13.6. The van der Waals surface area contributed by atoms with E-state index in [1.165, 1.54) is 6.07 Å². The standard InChI is InChI=1S/C20H18FN3O/c21-19-4-2-1-3-16(19)13-20(25)24-18-7-5-17(6-8-18)23-14-15-9-11-22-12-10-15/h1-12,23H,13-14H2,(H,24,25). The second-order valence-corrected chi connectivity index (χ2v) is 5.60. The second kappa shape index (κ2) is 8.06. The van der Waals surface area contributed by atoms with E-state index in [9.17, 15) is 9.18 Å². The number of hydrogen-bond acceptors (Lipinski definition) is 3. The zero-order valence-electron chi connectivity index (χ0n) is 13.6. The predicted octanol–water partition coefficient (Wildman–Crippen LogP) is 4.01. The topological polar surface area (TPSA) is 54.0 Å². The fourth-order valence-electron chi connectivity index (χ4n) is 2.40. The summed E-state index contributed by atoms with van der Waals surface area (Å²) >= 11 is 0. The van der Waals surface area contributed by atoms with Gasteiger partial charge in [0.05, 0.1) is 6.42 Å². The van der Waals surface area contributed by atoms with Crippen molar-refractivity contribution in [2.45, 2.75) is 13.0 Å². The number of halogens is 1. The molecule has 5 heteroatoms. The van der Waals surface area contributed by atoms with E-state index in [-0.39, 0.29) is 18.1 Å². The fraction of sp³-hybridized carbons (Fsp3) is 0.100. The fourth-order valence-corrected chi connectivity index (χ4v) is 2.40. The summed E-state index contributed by atoms with van der Waals surface area (Å²) in [5, 5.41) is 6.08. The average Bonchev–Trinajstić information content (AvgIpc) is 2.64. The first-order valence-corrected chi connectivity index (χ1v) is 7.97. The maximum absolute atomic E-state index is 13.6. The molecule has 0 fully saturated rings. The zero-order valence-corrected chi connectivity index (χ0v) is 13.6. The Hall–Kier alpha value is -3.21. The van der Waals surface area contributed by atoms with Crippen molar-refractivity contribution in [2.24, 2.45) is 0 Å². The number of nitrogens with zero attached hydrogens (tertiary/aromatic N) is 1. The zero-order chi connectivity index (χ0) is 17.5. The number of pyridine rings is 1. The van der Waals surface area contributed by atoms with E-state index >= 15 is 0 Å². The molecule has 4 nitrogen and oxygen atoms in total. The molecule has 0 saturated heterocycles. The Labute approximate surface area is 145 Å². The Balaban J connectivity index is 1.53. The van der Waals surface area contributed by atoms with Crippen LogP contribution in [0.3, 0.4) is 0 Å². The number of carbonyl (C=O) groups excluding carboxylic acids is 1. The number of nitrogens with one attached hydrogen (secondary N) is 2. The number of rotatable bonds is 6. The van der Waals surface area contributed by atoms with Crippen molar-refractivity contribution in [2.75, 3.05) is 10.6 Å². The Morgan fingerprint density at radius 2 is 1.60 bits per heavy atom. The van der Waals surface area contributed by atoms with Crippen molar-refractivity contribution in [3.63, 3.8) is 0 Å². The molecule has 0 bridgehead atoms. The smallest absolute Gasteiger partial charge is 0.228 e. The van der Waals surface area contributed by atoms with Crippen LogP contribution in [0.1, 0.15) is 11.1 Å². The number of amides is 1. The van der Waals surface area contributed by atoms with E-state index in [1.54, 1.807) is 30.6 Å². The number of hydrogen-bond donors (Lipinski definition) is 2. The molecular weight excluding hydrogens is 317 g/mol. The molecule has 3 rings (SSSR count). The Morgan fingerprint density at radius 3 is 2.32 bits per heavy atom. The molecule has 1 aromatic heterocycles. The lowest BCUT2D eigenvalue weighted by molar-refractivity contribution is -0.115. The number of carbonyl (C=O) groups is 1. The van der Waals surface area contributed by atoms with E-state index in [1.807, 2.05) is 36.4 Å². The van der Waals surface area contributed by atoms with Gasteiger partial charge < -0.3 is 10.6 Å². The number of anilines is 2. The first-order chi connectivity index (χ1) is 12.2. The first-order valence-electron chi connectivity index (χ1n) is 7.97. The van der Waals surface area contributed by atoms with Crippen LogP contribution in [-0.4, -0.2) is 10.9 Å². The summed E-state index contributed by atoms with van der Waals surface area (Å²) in [6, 6.07) is 17.6. The van der Waals surface area contributed by atoms with Crippen LogP contribution in [0.4, 0.5) is 15.8 Å². The summed E-state index contributed by atoms with van der Waals surface area (Å²) in [5.41, 5.74) is 3.15. The van der Waals surface area contributed by atoms with Crippen LogP contribution in [-0.2, 0) is 17.8 Å². The van der Waals surface area contributed by atoms with Crippen LogP contribution in [0.15, 0.2) is 73.1 Å². The highest BCUT2D eigenvalue weighted by molar-refractivity contribution is 5.92. The number of aromatic nitrogens is 1. The summed E-state index contributed by atoms with van der Waals surface area (Å²) < 4.78 is 13.6. The molecule has 0 saturated carbocycles. The molecule has 1 heterocycles. The third kappa shape index (κ3) is 4.88. The summed E-state index contributed by atoms with van der Waals surface area (Å²) in [4.78, 5) is 16.0. The van der Waals surface area contributed by atoms with Crippen LogP contribution in [0.2, 0.25) is 0 Å². The lowest BCUT2D eigenvalue weighted by Crippen LogP contribution is -2.15. The normalized spacial score (nSPS) is 10.3. The van der Waals surface area contributed by atoms with Crippen molar-refractivity contribution >= 4 is 17.3 Å². The summed E-state index contributed by atoms with van der Waals surface area (Å²) in [7, 11) is 0. The molecule has 126 valence electrons. The minimum atomic E-state index is -0.367. The molecule has 0 spiro atoms. The SMILES string of the molecule is O=C(Cc1ccccc1F)Nc1ccc(NCc2ccncc2)cc1. The summed E-state index contributed by atoms with van der Waals surface area (Å²) in [6.07, 6.45) is 3.52. The van der Waals surface area contributed by atoms with Crippen LogP contribution < -0.4 is 10.6 Å². The molecule has 1 amide bonds. The van der Waals surface area contributed by atoms with Crippen molar-refractivity contribution in [1.29, 1.82) is 0 Å². The monoisotopic (exact) mass is 335 g/mol. The maximum Gasteiger partial charge on any atom is 0.228 e. The van der Waals surface area contributed by atoms with Crippen molar-refractivity contribution in [3.05, 3.63) is 90.0 Å². The number of benzene rings is 2. The van der Waals surface area contributed by atoms with Gasteiger partial charge >= 0.3 is 0 Å². The predicted molar refractivity (Wildman–Crippen MR) is 96.7 cm³/mol. The first kappa shape index (κ1) is 16.6. The quantitative estimate of drug-likeness (QED) is 0.715. The van der Waals surface area contributed by atoms with Gasteiger partial charge in [0.2, 0.25) is 5.91 Å². The Bertz CT molecular complexity index is 835. The van der Waals surface area contributed by atoms with Gasteiger partial charge in [-0.1, -0.05) is 18.2 Å². The molecule has 3 aromatic rings. The summed E-state index contributed by atoms with van der Waals surface area (Å²) in [6.45, 7) is 0.696. The van der Waals surface area contributed by atoms with Crippen LogP contribution in [0.25, 0.3) is 0 Å². The lowest BCUT2D eigenvalue weighted by Gasteiger charge is -2.09. The Kier molecular flexibility index (Phi) is 5.36. The van der Waals surface area contributed by atoms with Gasteiger partial charge in [0.1, 0.15) is 5.82 Å². The van der Waals surface area contributed by atoms with Gasteiger partial charge in [0, 0.05) is 30.3 Å². The van der Waals surface area contributed by atoms with Gasteiger partial charge in [-0.3, -0.25) is 9.78 Å². The lowest BCUT2D eigenvalue weighted by atomic mass is 10.1. The highest BCUT2D eigenvalue weighted by Gasteiger charge is 2.08. The van der Waals surface area contributed by atoms with E-state index in [4.69, 9.17) is 0 Å². The highest BCUT2D eigenvalue weighted by atomic mass is 19.1. The molecule has 0 aliphatic rings. The summed E-state index contributed by atoms with van der Waals surface area (Å²) in [5.74, 6) is -0.615. The van der Waals surface area contributed by atoms with Crippen LogP contribution in [0.5, 0.6) is 0 Å². The van der Waals surface area contributed by atoms with Crippen molar-refractivity contribution in [1.82, 2.24) is 4.98 Å². The van der Waals surface area contributed by atoms with E-state index in [0.717, 1.165) is 11.3 Å². The molecule has 2 aromatic carbocycles. The van der Waals surface area contributed by atoms with Crippen LogP contribution in [0, 0.1) is 5.82 Å². The van der Waals surface area contributed by atoms with E-state index in [0.29, 0.717) is 17.8 Å². The van der Waals surface area contributed by atoms with Crippen LogP contribution >= 0.6 is 0 Å². The minimum Gasteiger partial charge on any atom is -0.381 e. The molecular formula is C20H18FN3O. The highest BCUT2D eigenvalue weighted by Crippen LogP contribution is 2.15. The second-order valence-electron chi connectivity index (χ2n) is 5.60. The molecule has 0 atom stereocenters. The molecule has 2 N–H and O–H groups in total. The van der Waals surface area contributed by atoms with Crippen molar-refractivity contribution in [3.8, 4) is 0 Å². The molecule has 0 radical (unpaired) electrons. The van der Waals surface area contributed by atoms with Gasteiger partial charge in [-0.25, -0.2) is 4.39 Å².